The number of nitrogens with zero attached hydrogens (tertiary/aromatic N) is 3. The smallest absolute Gasteiger partial charge is 0.394 e. The molecule has 1 fully saturated rings. The number of piperidine rings is 1. The molecule has 3 N–H and O–H groups in total. The first-order chi connectivity index (χ1) is 24.7. The average Bonchev–Trinajstić information content (AvgIpc) is 3.66. The van der Waals surface area contributed by atoms with Gasteiger partial charge in [-0.15, -0.1) is 11.3 Å². The van der Waals surface area contributed by atoms with E-state index in [2.05, 4.69) is 45.9 Å². The first kappa shape index (κ1) is 35.5. The number of aromatic hydroxyl groups is 1. The van der Waals surface area contributed by atoms with Crippen molar-refractivity contribution in [3.8, 4) is 27.8 Å². The number of para-hydroxylation sites is 2. The Balaban J connectivity index is 1.24. The molecule has 1 saturated heterocycles. The fraction of sp³-hybridized carbons (Fsp3) is 0.350. The number of halogens is 2. The summed E-state index contributed by atoms with van der Waals surface area (Å²) < 4.78 is 37.7. The molecule has 52 heavy (non-hydrogen) atoms. The quantitative estimate of drug-likeness (QED) is 0.146. The minimum Gasteiger partial charge on any atom is -0.506 e. The molecular weight excluding hydrogens is 685 g/mol. The molecule has 0 unspecified atom stereocenters. The maximum atomic E-state index is 13.3. The Kier molecular flexibility index (Phi) is 9.24. The van der Waals surface area contributed by atoms with Gasteiger partial charge in [0.05, 0.1) is 34.4 Å². The van der Waals surface area contributed by atoms with Crippen molar-refractivity contribution in [2.45, 2.75) is 52.1 Å². The second-order valence-electron chi connectivity index (χ2n) is 14.9. The van der Waals surface area contributed by atoms with E-state index in [9.17, 15) is 18.7 Å². The predicted molar refractivity (Wildman–Crippen MR) is 204 cm³/mol. The van der Waals surface area contributed by atoms with Gasteiger partial charge in [-0.25, -0.2) is 9.78 Å². The van der Waals surface area contributed by atoms with Gasteiger partial charge in [0, 0.05) is 36.7 Å². The van der Waals surface area contributed by atoms with Gasteiger partial charge < -0.3 is 35.0 Å². The average molecular weight is 728 g/mol. The Bertz CT molecular complexity index is 2100. The first-order valence-corrected chi connectivity index (χ1v) is 18.2. The van der Waals surface area contributed by atoms with Gasteiger partial charge >= 0.3 is 12.1 Å². The van der Waals surface area contributed by atoms with Crippen molar-refractivity contribution in [1.82, 2.24) is 9.88 Å². The number of aromatic nitrogens is 1. The number of phenolic OH excluding ortho intramolecular Hbond substituents is 1. The van der Waals surface area contributed by atoms with Crippen molar-refractivity contribution in [3.63, 3.8) is 0 Å². The Morgan fingerprint density at radius 3 is 2.37 bits per heavy atom. The van der Waals surface area contributed by atoms with Crippen LogP contribution >= 0.6 is 11.3 Å². The number of nitrogens with one attached hydrogen (secondary N) is 2. The number of hydrogen-bond acceptors (Lipinski definition) is 8. The number of urea groups is 1. The maximum Gasteiger partial charge on any atom is 0.394 e. The van der Waals surface area contributed by atoms with E-state index in [1.807, 2.05) is 48.5 Å². The SMILES string of the molecule is COc1ccc2nc(-c3ccc(O)c4c3C3(CCN(CC(C)(C)C)CC3)CN4c3ccccc3NC(=O)Nc3ccc(OC(C)(F)F)cc3)sc2c1. The summed E-state index contributed by atoms with van der Waals surface area (Å²) in [6.45, 7) is 10.9. The lowest BCUT2D eigenvalue weighted by Crippen LogP contribution is -2.47. The molecule has 7 rings (SSSR count). The number of thiazole rings is 1. The Hall–Kier alpha value is -4.94. The highest BCUT2D eigenvalue weighted by Crippen LogP contribution is 2.57. The number of rotatable bonds is 8. The standard InChI is InChI=1S/C40H43F2N5O4S/c1-38(2,3)23-46-20-18-40(19-21-46)24-47(35-32(48)17-15-28(34(35)40)36-44-30-16-14-27(50-5)22-33(30)52-36)31-9-7-6-8-29(31)45-37(49)43-25-10-12-26(13-11-25)51-39(4,41)42/h6-17,22,48H,18-21,23-24H2,1-5H3,(H2,43,45,49). The topological polar surface area (TPSA) is 99.2 Å². The van der Waals surface area contributed by atoms with Crippen LogP contribution in [0, 0.1) is 5.41 Å². The van der Waals surface area contributed by atoms with Gasteiger partial charge in [-0.05, 0) is 104 Å². The van der Waals surface area contributed by atoms with Crippen LogP contribution in [0.25, 0.3) is 20.8 Å². The summed E-state index contributed by atoms with van der Waals surface area (Å²) in [5.41, 5.74) is 5.25. The summed E-state index contributed by atoms with van der Waals surface area (Å²) in [5, 5.41) is 18.3. The molecular formula is C40H43F2N5O4S. The van der Waals surface area contributed by atoms with Crippen LogP contribution in [0.4, 0.5) is 36.3 Å². The van der Waals surface area contributed by atoms with Crippen molar-refractivity contribution < 1.29 is 28.2 Å². The van der Waals surface area contributed by atoms with Crippen LogP contribution in [0.1, 0.15) is 46.1 Å². The van der Waals surface area contributed by atoms with E-state index in [0.29, 0.717) is 24.8 Å². The van der Waals surface area contributed by atoms with Crippen LogP contribution in [0.5, 0.6) is 17.2 Å². The number of phenols is 1. The van der Waals surface area contributed by atoms with Crippen LogP contribution in [0.15, 0.2) is 78.9 Å². The third-order valence-corrected chi connectivity index (χ3v) is 10.7. The van der Waals surface area contributed by atoms with Crippen molar-refractivity contribution in [2.75, 3.05) is 48.8 Å². The number of alkyl halides is 2. The highest BCUT2D eigenvalue weighted by molar-refractivity contribution is 7.21. The van der Waals surface area contributed by atoms with E-state index in [4.69, 9.17) is 9.72 Å². The van der Waals surface area contributed by atoms with E-state index in [1.165, 1.54) is 24.3 Å². The monoisotopic (exact) mass is 727 g/mol. The van der Waals surface area contributed by atoms with Crippen LogP contribution in [0.3, 0.4) is 0 Å². The van der Waals surface area contributed by atoms with E-state index in [1.54, 1.807) is 24.5 Å². The lowest BCUT2D eigenvalue weighted by molar-refractivity contribution is -0.158. The number of anilines is 4. The van der Waals surface area contributed by atoms with Gasteiger partial charge in [0.2, 0.25) is 0 Å². The van der Waals surface area contributed by atoms with E-state index < -0.39 is 12.1 Å². The fourth-order valence-electron chi connectivity index (χ4n) is 7.51. The normalized spacial score (nSPS) is 15.9. The van der Waals surface area contributed by atoms with Gasteiger partial charge in [-0.3, -0.25) is 0 Å². The molecule has 2 amide bonds. The zero-order chi connectivity index (χ0) is 36.8. The number of carbonyl (C=O) groups excluding carboxylic acids is 1. The van der Waals surface area contributed by atoms with Gasteiger partial charge in [0.15, 0.2) is 0 Å². The minimum atomic E-state index is -3.32. The third-order valence-electron chi connectivity index (χ3n) is 9.61. The largest absolute Gasteiger partial charge is 0.506 e. The summed E-state index contributed by atoms with van der Waals surface area (Å²) in [5.74, 6) is 0.919. The molecule has 0 radical (unpaired) electrons. The first-order valence-electron chi connectivity index (χ1n) is 17.4. The van der Waals surface area contributed by atoms with Gasteiger partial charge in [-0.2, -0.15) is 8.78 Å². The van der Waals surface area contributed by atoms with E-state index in [-0.39, 0.29) is 22.3 Å². The summed E-state index contributed by atoms with van der Waals surface area (Å²) in [4.78, 5) is 23.1. The minimum absolute atomic E-state index is 0.0144. The molecule has 0 saturated carbocycles. The molecule has 2 aliphatic heterocycles. The van der Waals surface area contributed by atoms with Gasteiger partial charge in [0.25, 0.3) is 0 Å². The van der Waals surface area contributed by atoms with Gasteiger partial charge in [0.1, 0.15) is 22.3 Å². The van der Waals surface area contributed by atoms with E-state index in [0.717, 1.165) is 76.0 Å². The number of carbonyl (C=O) groups is 1. The van der Waals surface area contributed by atoms with Gasteiger partial charge in [-0.1, -0.05) is 32.9 Å². The Morgan fingerprint density at radius 2 is 1.67 bits per heavy atom. The Labute approximate surface area is 306 Å². The summed E-state index contributed by atoms with van der Waals surface area (Å²) in [6.07, 6.45) is -1.53. The highest BCUT2D eigenvalue weighted by Gasteiger charge is 2.49. The van der Waals surface area contributed by atoms with Crippen molar-refractivity contribution in [3.05, 3.63) is 84.4 Å². The molecule has 1 spiro atoms. The molecule has 0 atom stereocenters. The molecule has 2 aliphatic rings. The highest BCUT2D eigenvalue weighted by atomic mass is 32.1. The molecule has 4 aromatic carbocycles. The number of hydrogen-bond donors (Lipinski definition) is 3. The van der Waals surface area contributed by atoms with Crippen molar-refractivity contribution >= 4 is 50.3 Å². The van der Waals surface area contributed by atoms with Crippen LogP contribution in [-0.4, -0.2) is 60.4 Å². The molecule has 0 aliphatic carbocycles. The summed E-state index contributed by atoms with van der Waals surface area (Å²) in [6, 6.07) is 22.4. The van der Waals surface area contributed by atoms with Crippen LogP contribution in [0.2, 0.25) is 0 Å². The zero-order valence-corrected chi connectivity index (χ0v) is 30.7. The molecule has 3 heterocycles. The maximum absolute atomic E-state index is 13.3. The molecule has 12 heteroatoms. The summed E-state index contributed by atoms with van der Waals surface area (Å²) >= 11 is 1.61. The molecule has 272 valence electrons. The van der Waals surface area contributed by atoms with E-state index >= 15 is 0 Å². The van der Waals surface area contributed by atoms with Crippen LogP contribution < -0.4 is 25.0 Å². The second-order valence-corrected chi connectivity index (χ2v) is 16.0. The Morgan fingerprint density at radius 1 is 0.962 bits per heavy atom. The molecule has 1 aromatic heterocycles. The number of fused-ring (bicyclic) bond motifs is 3. The molecule has 9 nitrogen and oxygen atoms in total. The predicted octanol–water partition coefficient (Wildman–Crippen LogP) is 9.84. The van der Waals surface area contributed by atoms with Crippen LogP contribution in [-0.2, 0) is 5.41 Å². The third kappa shape index (κ3) is 7.35. The summed E-state index contributed by atoms with van der Waals surface area (Å²) in [7, 11) is 1.66. The molecule has 5 aromatic rings. The number of benzene rings is 4. The second kappa shape index (κ2) is 13.6. The number of amides is 2. The van der Waals surface area contributed by atoms with Crippen molar-refractivity contribution in [2.24, 2.45) is 5.41 Å². The number of methoxy groups -OCH3 is 1. The number of ether oxygens (including phenoxy) is 2. The lowest BCUT2D eigenvalue weighted by atomic mass is 9.72. The zero-order valence-electron chi connectivity index (χ0n) is 29.9. The number of likely N-dealkylation sites (tertiary alicyclic amines) is 1. The lowest BCUT2D eigenvalue weighted by Gasteiger charge is -2.42. The fourth-order valence-corrected chi connectivity index (χ4v) is 8.54. The molecule has 0 bridgehead atoms. The van der Waals surface area contributed by atoms with Crippen molar-refractivity contribution in [1.29, 1.82) is 0 Å².